The lowest BCUT2D eigenvalue weighted by molar-refractivity contribution is 1.33. The molecule has 0 unspecified atom stereocenters. The van der Waals surface area contributed by atoms with Crippen LogP contribution in [0.3, 0.4) is 0 Å². The number of aromatic nitrogens is 2. The fourth-order valence-electron chi connectivity index (χ4n) is 6.07. The van der Waals surface area contributed by atoms with Gasteiger partial charge in [0, 0.05) is 28.6 Å². The van der Waals surface area contributed by atoms with E-state index in [4.69, 9.17) is 4.98 Å². The highest BCUT2D eigenvalue weighted by molar-refractivity contribution is 6.25. The number of hydrogen-bond donors (Lipinski definition) is 0. The van der Waals surface area contributed by atoms with E-state index in [0.717, 1.165) is 21.8 Å². The summed E-state index contributed by atoms with van der Waals surface area (Å²) in [5, 5.41) is 9.69. The number of benzene rings is 6. The molecule has 2 heterocycles. The average molecular weight is 483 g/mol. The minimum absolute atomic E-state index is 1.02. The summed E-state index contributed by atoms with van der Waals surface area (Å²) in [5.41, 5.74) is 7.00. The Hall–Kier alpha value is -5.08. The van der Waals surface area contributed by atoms with Crippen molar-refractivity contribution in [3.63, 3.8) is 0 Å². The van der Waals surface area contributed by atoms with Gasteiger partial charge < -0.3 is 0 Å². The van der Waals surface area contributed by atoms with Crippen LogP contribution in [0.4, 0.5) is 0 Å². The summed E-state index contributed by atoms with van der Waals surface area (Å²) in [6.07, 6.45) is 3.75. The van der Waals surface area contributed by atoms with Crippen molar-refractivity contribution < 1.29 is 0 Å². The topological polar surface area (TPSA) is 25.8 Å². The van der Waals surface area contributed by atoms with E-state index < -0.39 is 0 Å². The molecule has 2 nitrogen and oxygen atoms in total. The molecule has 38 heavy (non-hydrogen) atoms. The molecule has 2 aromatic heterocycles. The maximum Gasteiger partial charge on any atom is 0.0788 e. The maximum atomic E-state index is 5.11. The molecule has 0 aliphatic heterocycles. The molecule has 0 bridgehead atoms. The van der Waals surface area contributed by atoms with Gasteiger partial charge in [0.1, 0.15) is 0 Å². The van der Waals surface area contributed by atoms with E-state index in [1.165, 1.54) is 54.6 Å². The number of para-hydroxylation sites is 1. The number of fused-ring (bicyclic) bond motifs is 6. The summed E-state index contributed by atoms with van der Waals surface area (Å²) >= 11 is 0. The van der Waals surface area contributed by atoms with Crippen LogP contribution in [-0.4, -0.2) is 9.97 Å². The number of hydrogen-bond acceptors (Lipinski definition) is 2. The first-order valence-electron chi connectivity index (χ1n) is 12.9. The molecule has 6 aromatic carbocycles. The van der Waals surface area contributed by atoms with Crippen LogP contribution in [0, 0.1) is 0 Å². The van der Waals surface area contributed by atoms with Crippen LogP contribution in [0.15, 0.2) is 134 Å². The van der Waals surface area contributed by atoms with Gasteiger partial charge in [-0.1, -0.05) is 91.0 Å². The first-order valence-corrected chi connectivity index (χ1v) is 12.9. The molecule has 0 N–H and O–H groups in total. The molecular weight excluding hydrogens is 460 g/mol. The molecule has 176 valence electrons. The van der Waals surface area contributed by atoms with Crippen molar-refractivity contribution in [1.29, 1.82) is 0 Å². The van der Waals surface area contributed by atoms with Gasteiger partial charge in [-0.2, -0.15) is 0 Å². The zero-order valence-corrected chi connectivity index (χ0v) is 20.6. The summed E-state index contributed by atoms with van der Waals surface area (Å²) in [6, 6.07) is 43.5. The Labute approximate surface area is 219 Å². The first-order chi connectivity index (χ1) is 18.9. The fourth-order valence-corrected chi connectivity index (χ4v) is 6.07. The van der Waals surface area contributed by atoms with Gasteiger partial charge >= 0.3 is 0 Å². The largest absolute Gasteiger partial charge is 0.265 e. The summed E-state index contributed by atoms with van der Waals surface area (Å²) in [6.45, 7) is 0. The Morgan fingerprint density at radius 1 is 0.421 bits per heavy atom. The van der Waals surface area contributed by atoms with Gasteiger partial charge in [-0.25, -0.2) is 4.98 Å². The van der Waals surface area contributed by atoms with Gasteiger partial charge in [0.15, 0.2) is 0 Å². The van der Waals surface area contributed by atoms with Crippen LogP contribution in [0.2, 0.25) is 0 Å². The van der Waals surface area contributed by atoms with Crippen molar-refractivity contribution in [1.82, 2.24) is 9.97 Å². The quantitative estimate of drug-likeness (QED) is 0.181. The summed E-state index contributed by atoms with van der Waals surface area (Å²) in [7, 11) is 0. The Morgan fingerprint density at radius 3 is 1.66 bits per heavy atom. The smallest absolute Gasteiger partial charge is 0.0788 e. The summed E-state index contributed by atoms with van der Waals surface area (Å²) < 4.78 is 0. The van der Waals surface area contributed by atoms with Gasteiger partial charge in [0.05, 0.1) is 11.0 Å². The van der Waals surface area contributed by atoms with Gasteiger partial charge in [-0.05, 0) is 79.5 Å². The van der Waals surface area contributed by atoms with E-state index in [-0.39, 0.29) is 0 Å². The van der Waals surface area contributed by atoms with Crippen molar-refractivity contribution in [3.8, 4) is 22.3 Å². The predicted molar refractivity (Wildman–Crippen MR) is 160 cm³/mol. The molecular formula is C36H22N2. The monoisotopic (exact) mass is 482 g/mol. The molecule has 2 heteroatoms. The van der Waals surface area contributed by atoms with Crippen molar-refractivity contribution >= 4 is 54.1 Å². The lowest BCUT2D eigenvalue weighted by Crippen LogP contribution is -1.93. The highest BCUT2D eigenvalue weighted by Gasteiger charge is 2.19. The fraction of sp³-hybridized carbons (Fsp3) is 0. The van der Waals surface area contributed by atoms with Gasteiger partial charge in [-0.15, -0.1) is 0 Å². The number of nitrogens with zero attached hydrogens (tertiary/aromatic N) is 2. The van der Waals surface area contributed by atoms with Crippen molar-refractivity contribution in [2.24, 2.45) is 0 Å². The third kappa shape index (κ3) is 3.07. The van der Waals surface area contributed by atoms with E-state index in [1.807, 2.05) is 12.4 Å². The SMILES string of the molecule is c1ccc2nc3c(cc(-c4c5ccccc5c(-c5ccncc5)c5ccccc45)c4ccccc43)cc2c1. The minimum Gasteiger partial charge on any atom is -0.265 e. The highest BCUT2D eigenvalue weighted by atomic mass is 14.7. The average Bonchev–Trinajstić information content (AvgIpc) is 2.99. The summed E-state index contributed by atoms with van der Waals surface area (Å²) in [5.74, 6) is 0. The third-order valence-electron chi connectivity index (χ3n) is 7.70. The van der Waals surface area contributed by atoms with Gasteiger partial charge in [0.2, 0.25) is 0 Å². The van der Waals surface area contributed by atoms with Gasteiger partial charge in [-0.3, -0.25) is 4.98 Å². The van der Waals surface area contributed by atoms with Gasteiger partial charge in [0.25, 0.3) is 0 Å². The molecule has 0 saturated heterocycles. The van der Waals surface area contributed by atoms with Crippen LogP contribution in [0.25, 0.3) is 76.4 Å². The molecule has 0 radical (unpaired) electrons. The normalized spacial score (nSPS) is 11.7. The Morgan fingerprint density at radius 2 is 0.974 bits per heavy atom. The summed E-state index contributed by atoms with van der Waals surface area (Å²) in [4.78, 5) is 9.39. The lowest BCUT2D eigenvalue weighted by Gasteiger charge is -2.19. The van der Waals surface area contributed by atoms with E-state index in [9.17, 15) is 0 Å². The van der Waals surface area contributed by atoms with E-state index in [0.29, 0.717) is 0 Å². The molecule has 0 aliphatic rings. The Balaban J connectivity index is 1.58. The molecule has 8 aromatic rings. The number of rotatable bonds is 2. The molecule has 0 amide bonds. The Kier molecular flexibility index (Phi) is 4.55. The molecule has 0 saturated carbocycles. The molecule has 0 spiro atoms. The second kappa shape index (κ2) is 8.22. The van der Waals surface area contributed by atoms with Crippen LogP contribution >= 0.6 is 0 Å². The minimum atomic E-state index is 1.02. The van der Waals surface area contributed by atoms with Crippen LogP contribution < -0.4 is 0 Å². The van der Waals surface area contributed by atoms with Crippen LogP contribution in [0.1, 0.15) is 0 Å². The Bertz CT molecular complexity index is 2120. The molecule has 0 aliphatic carbocycles. The lowest BCUT2D eigenvalue weighted by atomic mass is 9.84. The van der Waals surface area contributed by atoms with Crippen molar-refractivity contribution in [2.75, 3.05) is 0 Å². The van der Waals surface area contributed by atoms with E-state index in [1.54, 1.807) is 0 Å². The predicted octanol–water partition coefficient (Wildman–Crippen LogP) is 9.58. The first kappa shape index (κ1) is 21.0. The zero-order chi connectivity index (χ0) is 25.1. The highest BCUT2D eigenvalue weighted by Crippen LogP contribution is 2.46. The third-order valence-corrected chi connectivity index (χ3v) is 7.70. The van der Waals surface area contributed by atoms with Crippen molar-refractivity contribution in [2.45, 2.75) is 0 Å². The van der Waals surface area contributed by atoms with Crippen LogP contribution in [-0.2, 0) is 0 Å². The zero-order valence-electron chi connectivity index (χ0n) is 20.6. The van der Waals surface area contributed by atoms with Crippen molar-refractivity contribution in [3.05, 3.63) is 134 Å². The van der Waals surface area contributed by atoms with Crippen LogP contribution in [0.5, 0.6) is 0 Å². The molecule has 0 atom stereocenters. The second-order valence-electron chi connectivity index (χ2n) is 9.80. The van der Waals surface area contributed by atoms with E-state index >= 15 is 0 Å². The number of pyridine rings is 2. The molecule has 0 fully saturated rings. The maximum absolute atomic E-state index is 5.11. The van der Waals surface area contributed by atoms with E-state index in [2.05, 4.69) is 126 Å². The molecule has 8 rings (SSSR count). The standard InChI is InChI=1S/C36H22N2/c1-8-16-33-24(9-1)21-25-22-32(26-10-2-7-15-31(26)36(25)38-33)35-29-13-5-3-11-27(29)34(23-17-19-37-20-18-23)28-12-4-6-14-30(28)35/h1-22H. The second-order valence-corrected chi connectivity index (χ2v) is 9.80.